The van der Waals surface area contributed by atoms with Crippen LogP contribution in [0.4, 0.5) is 0 Å². The van der Waals surface area contributed by atoms with Gasteiger partial charge in [0.05, 0.1) is 39.9 Å². The van der Waals surface area contributed by atoms with Crippen LogP contribution in [-0.4, -0.2) is 68.5 Å². The molecule has 0 saturated carbocycles. The molecule has 2 N–H and O–H groups in total. The number of nitrogens with zero attached hydrogens (tertiary/aromatic N) is 1. The number of likely N-dealkylation sites (N-methyl/N-ethyl adjacent to an activating group) is 1. The van der Waals surface area contributed by atoms with Gasteiger partial charge in [0.15, 0.2) is 0 Å². The van der Waals surface area contributed by atoms with Gasteiger partial charge in [-0.1, -0.05) is 330 Å². The number of carbonyl (C=O) groups excluding carboxylic acids is 1. The summed E-state index contributed by atoms with van der Waals surface area (Å²) in [6.07, 6.45) is 91.4. The average Bonchev–Trinajstić information content (AvgIpc) is 3.49. The first-order valence-corrected chi connectivity index (χ1v) is 36.9. The highest BCUT2D eigenvalue weighted by molar-refractivity contribution is 7.45. The van der Waals surface area contributed by atoms with Crippen molar-refractivity contribution < 1.29 is 32.9 Å². The molecular weight excluding hydrogens is 1040 g/mol. The number of unbranched alkanes of at least 4 members (excludes halogenated alkanes) is 40. The molecule has 3 atom stereocenters. The molecule has 0 spiro atoms. The third kappa shape index (κ3) is 67.1. The van der Waals surface area contributed by atoms with E-state index in [-0.39, 0.29) is 12.5 Å². The van der Waals surface area contributed by atoms with Crippen LogP contribution in [0.3, 0.4) is 0 Å². The monoisotopic (exact) mass is 1180 g/mol. The Balaban J connectivity index is 4.10. The number of phosphoric ester groups is 1. The summed E-state index contributed by atoms with van der Waals surface area (Å²) in [4.78, 5) is 25.6. The number of allylic oxidation sites excluding steroid dienone is 13. The zero-order valence-corrected chi connectivity index (χ0v) is 56.3. The van der Waals surface area contributed by atoms with Crippen LogP contribution in [0.1, 0.15) is 328 Å². The summed E-state index contributed by atoms with van der Waals surface area (Å²) in [5.41, 5.74) is 0. The molecule has 1 amide bonds. The number of quaternary nitrogens is 1. The Labute approximate surface area is 516 Å². The lowest BCUT2D eigenvalue weighted by Gasteiger charge is -2.29. The maximum absolute atomic E-state index is 13.0. The van der Waals surface area contributed by atoms with Gasteiger partial charge < -0.3 is 28.8 Å². The zero-order valence-electron chi connectivity index (χ0n) is 55.4. The summed E-state index contributed by atoms with van der Waals surface area (Å²) in [5, 5.41) is 14.0. The van der Waals surface area contributed by atoms with E-state index in [1.54, 1.807) is 6.08 Å². The largest absolute Gasteiger partial charge is 0.756 e. The first kappa shape index (κ1) is 80.7. The van der Waals surface area contributed by atoms with Crippen LogP contribution in [0, 0.1) is 0 Å². The van der Waals surface area contributed by atoms with Crippen molar-refractivity contribution in [1.29, 1.82) is 0 Å². The van der Waals surface area contributed by atoms with Crippen LogP contribution < -0.4 is 10.2 Å². The standard InChI is InChI=1S/C74H137N2O6P/c1-6-8-10-12-14-16-18-20-22-24-26-28-30-32-34-36-38-40-42-44-46-48-50-52-54-56-58-60-62-64-66-68-74(78)75-72(71-82-83(79,80)81-70-69-76(3,4)5)73(77)67-65-63-61-59-57-55-53-51-49-47-45-43-41-39-37-35-33-31-29-27-25-23-21-19-17-15-13-11-9-7-2/h8,10,14,16,20,22,26,28,32,34,57,59,65,67,72-73,77H,6-7,9,11-13,15,17-19,21,23-25,27,29-31,33,35-56,58,60-64,66,68-71H2,1-5H3,(H-,75,78,79,80)/b10-8-,16-14-,22-20-,28-26-,34-32-,59-57+,67-65+. The summed E-state index contributed by atoms with van der Waals surface area (Å²) in [7, 11) is 1.25. The number of hydrogen-bond acceptors (Lipinski definition) is 6. The first-order valence-electron chi connectivity index (χ1n) is 35.4. The first-order chi connectivity index (χ1) is 40.5. The summed E-state index contributed by atoms with van der Waals surface area (Å²) in [5.74, 6) is -0.206. The SMILES string of the molecule is CC/C=C\C/C=C\C/C=C\C/C=C\C/C=C\CCCCCCCCCCCCCCCCCC(=O)NC(COP(=O)([O-])OCC[N+](C)(C)C)C(O)/C=C/CC/C=C/CCCCCCCCCCCCCCCCCCCCCCCCCC. The minimum absolute atomic E-state index is 0.00832. The van der Waals surface area contributed by atoms with Crippen molar-refractivity contribution in [2.75, 3.05) is 40.9 Å². The van der Waals surface area contributed by atoms with Crippen molar-refractivity contribution in [1.82, 2.24) is 5.32 Å². The van der Waals surface area contributed by atoms with Crippen molar-refractivity contribution >= 4 is 13.7 Å². The molecule has 8 nitrogen and oxygen atoms in total. The normalized spacial score (nSPS) is 14.2. The van der Waals surface area contributed by atoms with E-state index in [9.17, 15) is 19.4 Å². The van der Waals surface area contributed by atoms with Crippen LogP contribution in [0.25, 0.3) is 0 Å². The Kier molecular flexibility index (Phi) is 62.4. The molecular formula is C74H137N2O6P. The second-order valence-electron chi connectivity index (χ2n) is 25.2. The van der Waals surface area contributed by atoms with E-state index >= 15 is 0 Å². The molecule has 0 aromatic carbocycles. The summed E-state index contributed by atoms with van der Waals surface area (Å²) >= 11 is 0. The van der Waals surface area contributed by atoms with E-state index in [0.717, 1.165) is 70.6 Å². The quantitative estimate of drug-likeness (QED) is 0.0272. The van der Waals surface area contributed by atoms with Gasteiger partial charge in [-0.2, -0.15) is 0 Å². The molecule has 0 aliphatic rings. The van der Waals surface area contributed by atoms with Gasteiger partial charge in [-0.3, -0.25) is 9.36 Å². The van der Waals surface area contributed by atoms with Gasteiger partial charge in [-0.25, -0.2) is 0 Å². The lowest BCUT2D eigenvalue weighted by molar-refractivity contribution is -0.870. The third-order valence-electron chi connectivity index (χ3n) is 15.8. The highest BCUT2D eigenvalue weighted by Crippen LogP contribution is 2.38. The van der Waals surface area contributed by atoms with Crippen molar-refractivity contribution in [2.24, 2.45) is 0 Å². The molecule has 0 heterocycles. The minimum Gasteiger partial charge on any atom is -0.756 e. The molecule has 0 radical (unpaired) electrons. The van der Waals surface area contributed by atoms with Crippen LogP contribution in [-0.2, 0) is 18.4 Å². The smallest absolute Gasteiger partial charge is 0.268 e. The maximum Gasteiger partial charge on any atom is 0.268 e. The fourth-order valence-corrected chi connectivity index (χ4v) is 11.1. The summed E-state index contributed by atoms with van der Waals surface area (Å²) in [6, 6.07) is -0.909. The minimum atomic E-state index is -4.62. The van der Waals surface area contributed by atoms with E-state index in [1.807, 2.05) is 27.2 Å². The number of rotatable bonds is 65. The van der Waals surface area contributed by atoms with E-state index in [1.165, 1.54) is 238 Å². The second kappa shape index (κ2) is 64.2. The molecule has 0 aromatic heterocycles. The Morgan fingerprint density at radius 1 is 0.434 bits per heavy atom. The van der Waals surface area contributed by atoms with Gasteiger partial charge in [0.1, 0.15) is 13.2 Å². The molecule has 3 unspecified atom stereocenters. The molecule has 9 heteroatoms. The van der Waals surface area contributed by atoms with Crippen LogP contribution in [0.5, 0.6) is 0 Å². The van der Waals surface area contributed by atoms with Gasteiger partial charge in [-0.15, -0.1) is 0 Å². The van der Waals surface area contributed by atoms with E-state index in [0.29, 0.717) is 17.4 Å². The Hall–Kier alpha value is -2.32. The van der Waals surface area contributed by atoms with Gasteiger partial charge in [0.2, 0.25) is 5.91 Å². The molecule has 0 rings (SSSR count). The Morgan fingerprint density at radius 2 is 0.747 bits per heavy atom. The number of aliphatic hydroxyl groups is 1. The number of amides is 1. The summed E-state index contributed by atoms with van der Waals surface area (Å²) in [6.45, 7) is 4.55. The van der Waals surface area contributed by atoms with Gasteiger partial charge in [-0.05, 0) is 77.0 Å². The van der Waals surface area contributed by atoms with E-state index in [2.05, 4.69) is 92.1 Å². The maximum atomic E-state index is 13.0. The van der Waals surface area contributed by atoms with Crippen LogP contribution in [0.2, 0.25) is 0 Å². The molecule has 83 heavy (non-hydrogen) atoms. The lowest BCUT2D eigenvalue weighted by Crippen LogP contribution is -2.45. The van der Waals surface area contributed by atoms with Crippen molar-refractivity contribution in [3.05, 3.63) is 85.1 Å². The third-order valence-corrected chi connectivity index (χ3v) is 16.8. The van der Waals surface area contributed by atoms with E-state index < -0.39 is 26.6 Å². The van der Waals surface area contributed by atoms with Gasteiger partial charge in [0.25, 0.3) is 7.82 Å². The molecule has 0 fully saturated rings. The molecule has 0 aliphatic carbocycles. The second-order valence-corrected chi connectivity index (χ2v) is 26.6. The Morgan fingerprint density at radius 3 is 1.12 bits per heavy atom. The number of nitrogens with one attached hydrogen (secondary N) is 1. The molecule has 0 saturated heterocycles. The molecule has 0 aliphatic heterocycles. The van der Waals surface area contributed by atoms with Crippen molar-refractivity contribution in [2.45, 2.75) is 341 Å². The molecule has 0 bridgehead atoms. The average molecular weight is 1180 g/mol. The van der Waals surface area contributed by atoms with Crippen molar-refractivity contribution in [3.63, 3.8) is 0 Å². The van der Waals surface area contributed by atoms with E-state index in [4.69, 9.17) is 9.05 Å². The molecule has 0 aromatic rings. The molecule has 484 valence electrons. The lowest BCUT2D eigenvalue weighted by atomic mass is 10.0. The highest BCUT2D eigenvalue weighted by Gasteiger charge is 2.23. The van der Waals surface area contributed by atoms with Crippen LogP contribution >= 0.6 is 7.82 Å². The number of aliphatic hydroxyl groups excluding tert-OH is 1. The summed E-state index contributed by atoms with van der Waals surface area (Å²) < 4.78 is 23.5. The van der Waals surface area contributed by atoms with Crippen LogP contribution in [0.15, 0.2) is 85.1 Å². The highest BCUT2D eigenvalue weighted by atomic mass is 31.2. The Bertz CT molecular complexity index is 1630. The fraction of sp³-hybridized carbons (Fsp3) is 0.797. The van der Waals surface area contributed by atoms with Gasteiger partial charge >= 0.3 is 0 Å². The number of hydrogen-bond donors (Lipinski definition) is 2. The fourth-order valence-electron chi connectivity index (χ4n) is 10.4. The predicted molar refractivity (Wildman–Crippen MR) is 362 cm³/mol. The van der Waals surface area contributed by atoms with Crippen molar-refractivity contribution in [3.8, 4) is 0 Å². The number of phosphoric acid groups is 1. The topological polar surface area (TPSA) is 108 Å². The van der Waals surface area contributed by atoms with Gasteiger partial charge in [0, 0.05) is 6.42 Å². The number of carbonyl (C=O) groups is 1. The zero-order chi connectivity index (χ0) is 60.5. The predicted octanol–water partition coefficient (Wildman–Crippen LogP) is 22.1.